The van der Waals surface area contributed by atoms with Gasteiger partial charge in [-0.2, -0.15) is 0 Å². The summed E-state index contributed by atoms with van der Waals surface area (Å²) in [5.74, 6) is -0.990. The molecular formula is C20H33NO5S. The lowest BCUT2D eigenvalue weighted by Crippen LogP contribution is -2.37. The third kappa shape index (κ3) is 7.64. The van der Waals surface area contributed by atoms with Gasteiger partial charge in [0.25, 0.3) is 11.8 Å². The van der Waals surface area contributed by atoms with Crippen molar-refractivity contribution in [3.05, 3.63) is 0 Å². The number of nitrogens with zero attached hydrogens (tertiary/aromatic N) is 1. The van der Waals surface area contributed by atoms with Crippen LogP contribution in [0.1, 0.15) is 79.1 Å². The van der Waals surface area contributed by atoms with Crippen molar-refractivity contribution in [2.45, 2.75) is 84.3 Å². The van der Waals surface area contributed by atoms with E-state index in [1.54, 1.807) is 0 Å². The molecule has 0 N–H and O–H groups in total. The van der Waals surface area contributed by atoms with E-state index < -0.39 is 23.0 Å². The first-order valence-electron chi connectivity index (χ1n) is 10.0. The number of Topliss-reactive ketones (excluding diaryl/α,β-unsaturated/α-hetero) is 1. The third-order valence-corrected chi connectivity index (χ3v) is 6.33. The van der Waals surface area contributed by atoms with Gasteiger partial charge in [0.15, 0.2) is 0 Å². The summed E-state index contributed by atoms with van der Waals surface area (Å²) in [5, 5.41) is -0.0264. The lowest BCUT2D eigenvalue weighted by molar-refractivity contribution is -0.201. The van der Waals surface area contributed by atoms with Crippen LogP contribution in [0.15, 0.2) is 0 Å². The van der Waals surface area contributed by atoms with Crippen LogP contribution in [0.4, 0.5) is 0 Å². The van der Waals surface area contributed by atoms with E-state index >= 15 is 0 Å². The summed E-state index contributed by atoms with van der Waals surface area (Å²) >= 11 is 1.12. The molecule has 0 radical (unpaired) electrons. The van der Waals surface area contributed by atoms with Gasteiger partial charge in [-0.25, -0.2) is 4.79 Å². The molecule has 27 heavy (non-hydrogen) atoms. The van der Waals surface area contributed by atoms with Gasteiger partial charge in [0, 0.05) is 0 Å². The molecular weight excluding hydrogens is 366 g/mol. The van der Waals surface area contributed by atoms with Crippen molar-refractivity contribution in [3.8, 4) is 0 Å². The maximum absolute atomic E-state index is 12.2. The smallest absolute Gasteiger partial charge is 0.330 e. The lowest BCUT2D eigenvalue weighted by Gasteiger charge is -2.27. The SMILES string of the molecule is CCC1CCC(C(=O)ON2C(=O)CC(SCC(C)=O)C2=O)CC1.CCCC. The molecule has 154 valence electrons. The van der Waals surface area contributed by atoms with E-state index in [4.69, 9.17) is 4.84 Å². The molecule has 2 aliphatic rings. The van der Waals surface area contributed by atoms with Crippen LogP contribution in [-0.4, -0.2) is 39.6 Å². The van der Waals surface area contributed by atoms with E-state index in [0.717, 1.165) is 43.9 Å². The summed E-state index contributed by atoms with van der Waals surface area (Å²) in [6.45, 7) is 7.93. The van der Waals surface area contributed by atoms with Crippen LogP contribution in [0, 0.1) is 11.8 Å². The Labute approximate surface area is 166 Å². The van der Waals surface area contributed by atoms with E-state index in [2.05, 4.69) is 20.8 Å². The summed E-state index contributed by atoms with van der Waals surface area (Å²) < 4.78 is 0. The predicted molar refractivity (Wildman–Crippen MR) is 106 cm³/mol. The maximum atomic E-state index is 12.2. The van der Waals surface area contributed by atoms with Crippen molar-refractivity contribution in [3.63, 3.8) is 0 Å². The molecule has 6 nitrogen and oxygen atoms in total. The standard InChI is InChI=1S/C16H23NO5S.C4H10/c1-3-11-4-6-12(7-5-11)16(21)22-17-14(19)8-13(15(17)20)23-9-10(2)18;1-3-4-2/h11-13H,3-9H2,1-2H3;3-4H2,1-2H3. The Hall–Kier alpha value is -1.37. The fraction of sp³-hybridized carbons (Fsp3) is 0.800. The van der Waals surface area contributed by atoms with E-state index in [1.807, 2.05) is 0 Å². The highest BCUT2D eigenvalue weighted by molar-refractivity contribution is 8.01. The van der Waals surface area contributed by atoms with Gasteiger partial charge >= 0.3 is 5.97 Å². The molecule has 0 aromatic heterocycles. The second kappa shape index (κ2) is 12.2. The largest absolute Gasteiger partial charge is 0.336 e. The molecule has 0 bridgehead atoms. The molecule has 1 aliphatic heterocycles. The zero-order valence-electron chi connectivity index (χ0n) is 17.0. The summed E-state index contributed by atoms with van der Waals surface area (Å²) in [4.78, 5) is 52.3. The van der Waals surface area contributed by atoms with Crippen molar-refractivity contribution >= 4 is 35.3 Å². The Morgan fingerprint density at radius 3 is 2.15 bits per heavy atom. The van der Waals surface area contributed by atoms with Gasteiger partial charge in [-0.05, 0) is 38.5 Å². The second-order valence-corrected chi connectivity index (χ2v) is 8.46. The first kappa shape index (κ1) is 23.7. The number of unbranched alkanes of at least 4 members (excludes halogenated alkanes) is 1. The summed E-state index contributed by atoms with van der Waals surface area (Å²) in [7, 11) is 0. The summed E-state index contributed by atoms with van der Waals surface area (Å²) in [6, 6.07) is 0. The van der Waals surface area contributed by atoms with E-state index in [9.17, 15) is 19.2 Å². The van der Waals surface area contributed by atoms with Gasteiger partial charge in [-0.1, -0.05) is 40.0 Å². The Bertz CT molecular complexity index is 526. The topological polar surface area (TPSA) is 80.8 Å². The van der Waals surface area contributed by atoms with Gasteiger partial charge < -0.3 is 4.84 Å². The molecule has 2 fully saturated rings. The predicted octanol–water partition coefficient (Wildman–Crippen LogP) is 3.92. The second-order valence-electron chi connectivity index (χ2n) is 7.27. The van der Waals surface area contributed by atoms with Gasteiger partial charge in [0.2, 0.25) is 0 Å². The lowest BCUT2D eigenvalue weighted by atomic mass is 9.81. The molecule has 1 saturated carbocycles. The fourth-order valence-corrected chi connectivity index (χ4v) is 3.93. The number of hydrogen-bond acceptors (Lipinski definition) is 6. The van der Waals surface area contributed by atoms with Crippen LogP contribution in [0.5, 0.6) is 0 Å². The van der Waals surface area contributed by atoms with Crippen LogP contribution >= 0.6 is 11.8 Å². The zero-order valence-corrected chi connectivity index (χ0v) is 17.8. The van der Waals surface area contributed by atoms with E-state index in [1.165, 1.54) is 19.8 Å². The van der Waals surface area contributed by atoms with Gasteiger partial charge in [-0.3, -0.25) is 14.4 Å². The Balaban J connectivity index is 0.000000828. The number of thioether (sulfide) groups is 1. The van der Waals surface area contributed by atoms with Crippen molar-refractivity contribution in [1.82, 2.24) is 5.06 Å². The number of hydrogen-bond donors (Lipinski definition) is 0. The Morgan fingerprint density at radius 2 is 1.67 bits per heavy atom. The van der Waals surface area contributed by atoms with Crippen LogP contribution in [0.25, 0.3) is 0 Å². The Morgan fingerprint density at radius 1 is 1.07 bits per heavy atom. The average Bonchev–Trinajstić information content (AvgIpc) is 2.94. The molecule has 0 aromatic rings. The molecule has 0 spiro atoms. The highest BCUT2D eigenvalue weighted by Crippen LogP contribution is 2.32. The van der Waals surface area contributed by atoms with E-state index in [0.29, 0.717) is 11.0 Å². The maximum Gasteiger partial charge on any atom is 0.336 e. The number of imide groups is 1. The van der Waals surface area contributed by atoms with Gasteiger partial charge in [0.05, 0.1) is 23.3 Å². The zero-order chi connectivity index (χ0) is 20.4. The molecule has 1 heterocycles. The van der Waals surface area contributed by atoms with Crippen molar-refractivity contribution < 1.29 is 24.0 Å². The molecule has 1 unspecified atom stereocenters. The van der Waals surface area contributed by atoms with Crippen LogP contribution < -0.4 is 0 Å². The minimum Gasteiger partial charge on any atom is -0.330 e. The molecule has 7 heteroatoms. The highest BCUT2D eigenvalue weighted by Gasteiger charge is 2.43. The number of carbonyl (C=O) groups is 4. The van der Waals surface area contributed by atoms with Gasteiger partial charge in [-0.15, -0.1) is 16.8 Å². The van der Waals surface area contributed by atoms with Crippen molar-refractivity contribution in [2.75, 3.05) is 5.75 Å². The molecule has 2 amide bonds. The molecule has 1 saturated heterocycles. The minimum atomic E-state index is -0.630. The summed E-state index contributed by atoms with van der Waals surface area (Å²) in [5.41, 5.74) is 0. The normalized spacial score (nSPS) is 25.0. The number of ketones is 1. The van der Waals surface area contributed by atoms with Crippen LogP contribution in [0.3, 0.4) is 0 Å². The van der Waals surface area contributed by atoms with Gasteiger partial charge in [0.1, 0.15) is 5.78 Å². The fourth-order valence-electron chi connectivity index (χ4n) is 3.00. The number of carbonyl (C=O) groups excluding carboxylic acids is 4. The molecule has 1 aliphatic carbocycles. The molecule has 0 aromatic carbocycles. The third-order valence-electron chi connectivity index (χ3n) is 4.99. The van der Waals surface area contributed by atoms with Crippen molar-refractivity contribution in [1.29, 1.82) is 0 Å². The number of rotatable bonds is 7. The first-order chi connectivity index (χ1) is 12.8. The number of amides is 2. The van der Waals surface area contributed by atoms with E-state index in [-0.39, 0.29) is 23.9 Å². The highest BCUT2D eigenvalue weighted by atomic mass is 32.2. The van der Waals surface area contributed by atoms with Crippen molar-refractivity contribution in [2.24, 2.45) is 11.8 Å². The quantitative estimate of drug-likeness (QED) is 0.604. The Kier molecular flexibility index (Phi) is 10.7. The average molecular weight is 400 g/mol. The number of hydroxylamine groups is 2. The monoisotopic (exact) mass is 399 g/mol. The molecule has 1 atom stereocenters. The summed E-state index contributed by atoms with van der Waals surface area (Å²) in [6.07, 6.45) is 7.18. The molecule has 2 rings (SSSR count). The minimum absolute atomic E-state index is 0.0212. The van der Waals surface area contributed by atoms with Crippen LogP contribution in [-0.2, 0) is 24.0 Å². The first-order valence-corrected chi connectivity index (χ1v) is 11.1. The van der Waals surface area contributed by atoms with Crippen LogP contribution in [0.2, 0.25) is 0 Å².